The minimum Gasteiger partial charge on any atom is -0.339 e. The van der Waals surface area contributed by atoms with E-state index in [1.54, 1.807) is 0 Å². The van der Waals surface area contributed by atoms with Gasteiger partial charge in [-0.25, -0.2) is 0 Å². The van der Waals surface area contributed by atoms with Crippen molar-refractivity contribution in [3.05, 3.63) is 35.9 Å². The summed E-state index contributed by atoms with van der Waals surface area (Å²) in [7, 11) is 0. The second kappa shape index (κ2) is 7.57. The predicted octanol–water partition coefficient (Wildman–Crippen LogP) is 1.50. The third kappa shape index (κ3) is 4.29. The Kier molecular flexibility index (Phi) is 5.76. The van der Waals surface area contributed by atoms with Gasteiger partial charge in [-0.05, 0) is 31.9 Å². The first kappa shape index (κ1) is 16.0. The van der Waals surface area contributed by atoms with E-state index in [0.717, 1.165) is 32.6 Å². The van der Waals surface area contributed by atoms with Gasteiger partial charge < -0.3 is 10.6 Å². The van der Waals surface area contributed by atoms with E-state index in [4.69, 9.17) is 5.73 Å². The van der Waals surface area contributed by atoms with Crippen LogP contribution >= 0.6 is 0 Å². The highest BCUT2D eigenvalue weighted by molar-refractivity contribution is 5.81. The second-order valence-electron chi connectivity index (χ2n) is 5.89. The van der Waals surface area contributed by atoms with E-state index < -0.39 is 0 Å². The van der Waals surface area contributed by atoms with Crippen molar-refractivity contribution in [2.45, 2.75) is 38.8 Å². The average molecular weight is 289 g/mol. The lowest BCUT2D eigenvalue weighted by atomic mass is 10.0. The van der Waals surface area contributed by atoms with E-state index in [1.165, 1.54) is 5.56 Å². The summed E-state index contributed by atoms with van der Waals surface area (Å²) in [5, 5.41) is 0. The number of nitrogens with zero attached hydrogens (tertiary/aromatic N) is 2. The lowest BCUT2D eigenvalue weighted by molar-refractivity contribution is -0.135. The van der Waals surface area contributed by atoms with Gasteiger partial charge in [0.25, 0.3) is 0 Å². The highest BCUT2D eigenvalue weighted by Crippen LogP contribution is 2.12. The molecule has 21 heavy (non-hydrogen) atoms. The number of rotatable bonds is 5. The Labute approximate surface area is 127 Å². The van der Waals surface area contributed by atoms with Crippen LogP contribution in [0.25, 0.3) is 0 Å². The summed E-state index contributed by atoms with van der Waals surface area (Å²) in [6.07, 6.45) is 1.57. The van der Waals surface area contributed by atoms with Gasteiger partial charge in [-0.1, -0.05) is 37.3 Å². The third-order valence-corrected chi connectivity index (χ3v) is 4.39. The van der Waals surface area contributed by atoms with Gasteiger partial charge in [0, 0.05) is 25.7 Å². The zero-order chi connectivity index (χ0) is 15.2. The van der Waals surface area contributed by atoms with Crippen LogP contribution in [-0.2, 0) is 11.2 Å². The molecule has 1 unspecified atom stereocenters. The Hall–Kier alpha value is -1.39. The van der Waals surface area contributed by atoms with E-state index in [-0.39, 0.29) is 11.9 Å². The maximum atomic E-state index is 12.4. The van der Waals surface area contributed by atoms with Crippen LogP contribution in [0.15, 0.2) is 30.3 Å². The minimum absolute atomic E-state index is 0.105. The molecule has 0 spiro atoms. The number of piperazine rings is 1. The fourth-order valence-corrected chi connectivity index (χ4v) is 2.99. The number of likely N-dealkylation sites (N-methyl/N-ethyl adjacent to an activating group) is 1. The quantitative estimate of drug-likeness (QED) is 0.893. The van der Waals surface area contributed by atoms with Gasteiger partial charge >= 0.3 is 0 Å². The Morgan fingerprint density at radius 3 is 2.67 bits per heavy atom. The molecule has 0 aliphatic carbocycles. The number of hydrogen-bond donors (Lipinski definition) is 1. The lowest BCUT2D eigenvalue weighted by Gasteiger charge is -2.40. The Morgan fingerprint density at radius 1 is 1.33 bits per heavy atom. The Bertz CT molecular complexity index is 449. The van der Waals surface area contributed by atoms with E-state index in [9.17, 15) is 4.79 Å². The van der Waals surface area contributed by atoms with Gasteiger partial charge in [0.15, 0.2) is 0 Å². The van der Waals surface area contributed by atoms with Crippen molar-refractivity contribution >= 4 is 5.91 Å². The second-order valence-corrected chi connectivity index (χ2v) is 5.89. The minimum atomic E-state index is -0.384. The number of nitrogens with two attached hydrogens (primary N) is 1. The van der Waals surface area contributed by atoms with Crippen LogP contribution in [0.1, 0.15) is 25.8 Å². The van der Waals surface area contributed by atoms with Crippen LogP contribution in [0.2, 0.25) is 0 Å². The largest absolute Gasteiger partial charge is 0.339 e. The fourth-order valence-electron chi connectivity index (χ4n) is 2.99. The smallest absolute Gasteiger partial charge is 0.239 e. The number of hydrogen-bond acceptors (Lipinski definition) is 3. The van der Waals surface area contributed by atoms with Crippen molar-refractivity contribution in [3.63, 3.8) is 0 Å². The molecule has 2 rings (SSSR count). The molecular formula is C17H27N3O. The molecule has 1 aromatic rings. The monoisotopic (exact) mass is 289 g/mol. The molecule has 1 saturated heterocycles. The summed E-state index contributed by atoms with van der Waals surface area (Å²) in [6, 6.07) is 10.3. The maximum absolute atomic E-state index is 12.4. The SMILES string of the molecule is CCN1CCN(C(=O)[C@@H](N)CCc2ccccc2)CC1C. The Morgan fingerprint density at radius 2 is 2.05 bits per heavy atom. The van der Waals surface area contributed by atoms with Crippen molar-refractivity contribution in [1.29, 1.82) is 0 Å². The number of benzene rings is 1. The van der Waals surface area contributed by atoms with E-state index in [2.05, 4.69) is 30.9 Å². The van der Waals surface area contributed by atoms with Crippen molar-refractivity contribution in [1.82, 2.24) is 9.80 Å². The van der Waals surface area contributed by atoms with Crippen molar-refractivity contribution in [2.24, 2.45) is 5.73 Å². The summed E-state index contributed by atoms with van der Waals surface area (Å²) in [5.74, 6) is 0.105. The molecule has 1 aliphatic rings. The number of aryl methyl sites for hydroxylation is 1. The van der Waals surface area contributed by atoms with Crippen LogP contribution in [0.5, 0.6) is 0 Å². The molecule has 4 nitrogen and oxygen atoms in total. The molecule has 1 amide bonds. The molecule has 1 fully saturated rings. The maximum Gasteiger partial charge on any atom is 0.239 e. The first-order valence-corrected chi connectivity index (χ1v) is 7.94. The molecule has 0 saturated carbocycles. The average Bonchev–Trinajstić information content (AvgIpc) is 2.52. The zero-order valence-corrected chi connectivity index (χ0v) is 13.2. The lowest BCUT2D eigenvalue weighted by Crippen LogP contribution is -2.56. The van der Waals surface area contributed by atoms with E-state index in [1.807, 2.05) is 23.1 Å². The van der Waals surface area contributed by atoms with Gasteiger partial charge in [0.05, 0.1) is 6.04 Å². The summed E-state index contributed by atoms with van der Waals surface area (Å²) < 4.78 is 0. The highest BCUT2D eigenvalue weighted by atomic mass is 16.2. The fraction of sp³-hybridized carbons (Fsp3) is 0.588. The van der Waals surface area contributed by atoms with Crippen molar-refractivity contribution in [2.75, 3.05) is 26.2 Å². The summed E-state index contributed by atoms with van der Waals surface area (Å²) in [5.41, 5.74) is 7.34. The number of carbonyl (C=O) groups excluding carboxylic acids is 1. The molecule has 0 radical (unpaired) electrons. The first-order chi connectivity index (χ1) is 10.1. The van der Waals surface area contributed by atoms with E-state index >= 15 is 0 Å². The molecule has 1 heterocycles. The molecule has 0 aromatic heterocycles. The van der Waals surface area contributed by atoms with Crippen LogP contribution in [0.4, 0.5) is 0 Å². The van der Waals surface area contributed by atoms with E-state index in [0.29, 0.717) is 12.5 Å². The molecule has 4 heteroatoms. The van der Waals surface area contributed by atoms with Crippen LogP contribution < -0.4 is 5.73 Å². The van der Waals surface area contributed by atoms with Gasteiger partial charge in [-0.3, -0.25) is 9.69 Å². The molecule has 2 atom stereocenters. The van der Waals surface area contributed by atoms with Crippen LogP contribution in [0, 0.1) is 0 Å². The first-order valence-electron chi connectivity index (χ1n) is 7.94. The van der Waals surface area contributed by atoms with Crippen molar-refractivity contribution < 1.29 is 4.79 Å². The topological polar surface area (TPSA) is 49.6 Å². The molecule has 116 valence electrons. The van der Waals surface area contributed by atoms with Gasteiger partial charge in [0.2, 0.25) is 5.91 Å². The molecule has 1 aromatic carbocycles. The molecular weight excluding hydrogens is 262 g/mol. The standard InChI is InChI=1S/C17H27N3O/c1-3-19-11-12-20(13-14(19)2)17(21)16(18)10-9-15-7-5-4-6-8-15/h4-8,14,16H,3,9-13,18H2,1-2H3/t14?,16-/m0/s1. The van der Waals surface area contributed by atoms with Crippen LogP contribution in [0.3, 0.4) is 0 Å². The van der Waals surface area contributed by atoms with Crippen molar-refractivity contribution in [3.8, 4) is 0 Å². The normalized spacial score (nSPS) is 21.3. The summed E-state index contributed by atoms with van der Waals surface area (Å²) in [4.78, 5) is 16.8. The summed E-state index contributed by atoms with van der Waals surface area (Å²) >= 11 is 0. The molecule has 1 aliphatic heterocycles. The third-order valence-electron chi connectivity index (χ3n) is 4.39. The number of amides is 1. The zero-order valence-electron chi connectivity index (χ0n) is 13.2. The van der Waals surface area contributed by atoms with Gasteiger partial charge in [-0.2, -0.15) is 0 Å². The molecule has 2 N–H and O–H groups in total. The van der Waals surface area contributed by atoms with Gasteiger partial charge in [-0.15, -0.1) is 0 Å². The predicted molar refractivity (Wildman–Crippen MR) is 86.0 cm³/mol. The summed E-state index contributed by atoms with van der Waals surface area (Å²) in [6.45, 7) is 7.94. The van der Waals surface area contributed by atoms with Gasteiger partial charge in [0.1, 0.15) is 0 Å². The van der Waals surface area contributed by atoms with Crippen LogP contribution in [-0.4, -0.2) is 54.0 Å². The molecule has 0 bridgehead atoms. The highest BCUT2D eigenvalue weighted by Gasteiger charge is 2.28. The Balaban J connectivity index is 1.82. The number of carbonyl (C=O) groups is 1.